The van der Waals surface area contributed by atoms with Gasteiger partial charge in [0.25, 0.3) is 0 Å². The van der Waals surface area contributed by atoms with Crippen molar-refractivity contribution >= 4 is 17.7 Å². The van der Waals surface area contributed by atoms with E-state index in [4.69, 9.17) is 14.2 Å². The highest BCUT2D eigenvalue weighted by Gasteiger charge is 2.37. The first kappa shape index (κ1) is 22.2. The van der Waals surface area contributed by atoms with Gasteiger partial charge in [-0.15, -0.1) is 24.9 Å². The quantitative estimate of drug-likeness (QED) is 0.589. The van der Waals surface area contributed by atoms with Crippen LogP contribution in [0.4, 0.5) is 13.2 Å². The lowest BCUT2D eigenvalue weighted by Gasteiger charge is -2.27. The van der Waals surface area contributed by atoms with Gasteiger partial charge in [0, 0.05) is 12.1 Å². The Kier molecular flexibility index (Phi) is 6.40. The maximum Gasteiger partial charge on any atom is 0.573 e. The van der Waals surface area contributed by atoms with Crippen molar-refractivity contribution in [3.05, 3.63) is 77.4 Å². The second kappa shape index (κ2) is 9.23. The zero-order chi connectivity index (χ0) is 22.7. The zero-order valence-electron chi connectivity index (χ0n) is 17.1. The largest absolute Gasteiger partial charge is 0.573 e. The summed E-state index contributed by atoms with van der Waals surface area (Å²) in [6.07, 6.45) is 3.78. The van der Waals surface area contributed by atoms with Crippen molar-refractivity contribution in [2.24, 2.45) is 0 Å². The Hall–Kier alpha value is -3.01. The predicted molar refractivity (Wildman–Crippen MR) is 111 cm³/mol. The van der Waals surface area contributed by atoms with Gasteiger partial charge in [0.15, 0.2) is 11.5 Å². The van der Waals surface area contributed by atoms with Gasteiger partial charge in [-0.2, -0.15) is 0 Å². The molecule has 2 aliphatic heterocycles. The number of amides is 1. The average molecular weight is 467 g/mol. The van der Waals surface area contributed by atoms with Crippen LogP contribution in [-0.2, 0) is 25.5 Å². The van der Waals surface area contributed by atoms with Gasteiger partial charge >= 0.3 is 6.36 Å². The Labute approximate surface area is 186 Å². The van der Waals surface area contributed by atoms with Crippen LogP contribution in [-0.4, -0.2) is 35.4 Å². The topological polar surface area (TPSA) is 57.2 Å². The molecule has 1 amide bonds. The molecule has 170 valence electrons. The van der Waals surface area contributed by atoms with Crippen LogP contribution in [0.25, 0.3) is 0 Å². The summed E-state index contributed by atoms with van der Waals surface area (Å²) in [6.45, 7) is 0.212. The smallest absolute Gasteiger partial charge is 0.496 e. The number of carbonyl (C=O) groups excluding carboxylic acids is 1. The van der Waals surface area contributed by atoms with Crippen LogP contribution in [0, 0.1) is 0 Å². The maximum atomic E-state index is 12.4. The van der Waals surface area contributed by atoms with E-state index in [1.165, 1.54) is 48.6 Å². The summed E-state index contributed by atoms with van der Waals surface area (Å²) >= 11 is 1.39. The SMILES string of the molecule is COC1=C(C2=COC(C3SCC(=O)N3Cc3ccc(OC(F)(F)F)cc3)=CO2)CCC=C1. The molecule has 0 aromatic heterocycles. The molecule has 0 radical (unpaired) electrons. The zero-order valence-corrected chi connectivity index (χ0v) is 17.9. The summed E-state index contributed by atoms with van der Waals surface area (Å²) in [7, 11) is 1.59. The van der Waals surface area contributed by atoms with Crippen LogP contribution in [0.15, 0.2) is 71.8 Å². The van der Waals surface area contributed by atoms with E-state index in [9.17, 15) is 18.0 Å². The van der Waals surface area contributed by atoms with Crippen molar-refractivity contribution in [1.29, 1.82) is 0 Å². The molecule has 6 nitrogen and oxygen atoms in total. The number of allylic oxidation sites excluding steroid dienone is 3. The number of benzene rings is 1. The normalized spacial score (nSPS) is 21.1. The molecule has 2 heterocycles. The molecule has 1 aliphatic carbocycles. The third kappa shape index (κ3) is 5.07. The minimum Gasteiger partial charge on any atom is -0.496 e. The molecular formula is C22H20F3NO5S. The van der Waals surface area contributed by atoms with Crippen LogP contribution in [0.1, 0.15) is 18.4 Å². The Morgan fingerprint density at radius 1 is 1.19 bits per heavy atom. The highest BCUT2D eigenvalue weighted by atomic mass is 32.2. The molecule has 32 heavy (non-hydrogen) atoms. The number of methoxy groups -OCH3 is 1. The number of nitrogens with zero attached hydrogens (tertiary/aromatic N) is 1. The molecule has 0 N–H and O–H groups in total. The van der Waals surface area contributed by atoms with Gasteiger partial charge in [-0.1, -0.05) is 18.2 Å². The van der Waals surface area contributed by atoms with E-state index >= 15 is 0 Å². The molecule has 0 saturated carbocycles. The summed E-state index contributed by atoms with van der Waals surface area (Å²) in [5, 5.41) is -0.409. The summed E-state index contributed by atoms with van der Waals surface area (Å²) < 4.78 is 57.9. The molecule has 1 aromatic carbocycles. The highest BCUT2D eigenvalue weighted by Crippen LogP contribution is 2.36. The van der Waals surface area contributed by atoms with E-state index in [-0.39, 0.29) is 24.0 Å². The van der Waals surface area contributed by atoms with Gasteiger partial charge < -0.3 is 23.8 Å². The second-order valence-corrected chi connectivity index (χ2v) is 8.17. The first-order valence-corrected chi connectivity index (χ1v) is 10.8. The lowest BCUT2D eigenvalue weighted by Crippen LogP contribution is -2.34. The third-order valence-corrected chi connectivity index (χ3v) is 6.19. The van der Waals surface area contributed by atoms with Crippen LogP contribution in [0.3, 0.4) is 0 Å². The number of ether oxygens (including phenoxy) is 4. The van der Waals surface area contributed by atoms with Crippen LogP contribution >= 0.6 is 11.8 Å². The Balaban J connectivity index is 1.43. The Morgan fingerprint density at radius 3 is 2.62 bits per heavy atom. The number of halogens is 3. The van der Waals surface area contributed by atoms with Gasteiger partial charge in [-0.3, -0.25) is 4.79 Å². The van der Waals surface area contributed by atoms with Crippen molar-refractivity contribution < 1.29 is 36.9 Å². The molecule has 1 saturated heterocycles. The van der Waals surface area contributed by atoms with Crippen molar-refractivity contribution in [3.63, 3.8) is 0 Å². The molecule has 3 aliphatic rings. The standard InChI is InChI=1S/C22H20F3NO5S/c1-28-17-5-3-2-4-16(17)18-11-30-19(12-29-18)21-26(20(27)13-32-21)10-14-6-8-15(9-7-14)31-22(23,24)25/h3,5-9,11-12,21H,2,4,10,13H2,1H3. The molecule has 0 bridgehead atoms. The minimum absolute atomic E-state index is 0.100. The fourth-order valence-corrected chi connectivity index (χ4v) is 4.60. The Bertz CT molecular complexity index is 998. The first-order valence-electron chi connectivity index (χ1n) is 9.77. The maximum absolute atomic E-state index is 12.4. The predicted octanol–water partition coefficient (Wildman–Crippen LogP) is 4.97. The fraction of sp³-hybridized carbons (Fsp3) is 0.318. The number of carbonyl (C=O) groups is 1. The van der Waals surface area contributed by atoms with E-state index in [0.29, 0.717) is 22.8 Å². The second-order valence-electron chi connectivity index (χ2n) is 7.10. The summed E-state index contributed by atoms with van der Waals surface area (Å²) in [5.41, 5.74) is 1.57. The van der Waals surface area contributed by atoms with E-state index in [0.717, 1.165) is 18.4 Å². The van der Waals surface area contributed by atoms with Crippen molar-refractivity contribution in [3.8, 4) is 5.75 Å². The van der Waals surface area contributed by atoms with Gasteiger partial charge in [0.05, 0.1) is 12.9 Å². The summed E-state index contributed by atoms with van der Waals surface area (Å²) in [6, 6.07) is 5.43. The molecule has 1 aromatic rings. The van der Waals surface area contributed by atoms with Crippen LogP contribution in [0.5, 0.6) is 5.75 Å². The molecule has 1 unspecified atom stereocenters. The van der Waals surface area contributed by atoms with Crippen molar-refractivity contribution in [1.82, 2.24) is 4.90 Å². The number of rotatable bonds is 6. The van der Waals surface area contributed by atoms with Gasteiger partial charge in [0.2, 0.25) is 5.91 Å². The first-order chi connectivity index (χ1) is 15.3. The van der Waals surface area contributed by atoms with Crippen LogP contribution in [0.2, 0.25) is 0 Å². The fourth-order valence-electron chi connectivity index (χ4n) is 3.49. The molecule has 10 heteroatoms. The summed E-state index contributed by atoms with van der Waals surface area (Å²) in [4.78, 5) is 14.0. The van der Waals surface area contributed by atoms with Gasteiger partial charge in [0.1, 0.15) is 29.4 Å². The summed E-state index contributed by atoms with van der Waals surface area (Å²) in [5.74, 6) is 1.58. The van der Waals surface area contributed by atoms with Crippen molar-refractivity contribution in [2.45, 2.75) is 31.1 Å². The lowest BCUT2D eigenvalue weighted by molar-refractivity contribution is -0.274. The Morgan fingerprint density at radius 2 is 1.97 bits per heavy atom. The van der Waals surface area contributed by atoms with Crippen molar-refractivity contribution in [2.75, 3.05) is 12.9 Å². The molecule has 1 fully saturated rings. The van der Waals surface area contributed by atoms with E-state index in [1.807, 2.05) is 12.2 Å². The number of alkyl halides is 3. The van der Waals surface area contributed by atoms with Gasteiger partial charge in [-0.25, -0.2) is 0 Å². The molecule has 1 atom stereocenters. The van der Waals surface area contributed by atoms with Gasteiger partial charge in [-0.05, 0) is 36.6 Å². The van der Waals surface area contributed by atoms with E-state index < -0.39 is 11.7 Å². The third-order valence-electron chi connectivity index (χ3n) is 4.97. The van der Waals surface area contributed by atoms with E-state index in [2.05, 4.69) is 4.74 Å². The monoisotopic (exact) mass is 467 g/mol. The molecule has 0 spiro atoms. The molecular weight excluding hydrogens is 447 g/mol. The lowest BCUT2D eigenvalue weighted by atomic mass is 10.0. The minimum atomic E-state index is -4.75. The van der Waals surface area contributed by atoms with Crippen LogP contribution < -0.4 is 4.74 Å². The van der Waals surface area contributed by atoms with E-state index in [1.54, 1.807) is 12.0 Å². The number of thioether (sulfide) groups is 1. The number of hydrogen-bond acceptors (Lipinski definition) is 6. The molecule has 4 rings (SSSR count). The average Bonchev–Trinajstić information content (AvgIpc) is 3.14. The number of hydrogen-bond donors (Lipinski definition) is 0. The highest BCUT2D eigenvalue weighted by molar-refractivity contribution is 8.01.